The minimum atomic E-state index is -0.323. The van der Waals surface area contributed by atoms with Gasteiger partial charge < -0.3 is 10.1 Å². The lowest BCUT2D eigenvalue weighted by atomic mass is 10.1. The van der Waals surface area contributed by atoms with Crippen molar-refractivity contribution in [3.8, 4) is 5.75 Å². The highest BCUT2D eigenvalue weighted by Crippen LogP contribution is 2.17. The molecule has 0 aliphatic rings. The summed E-state index contributed by atoms with van der Waals surface area (Å²) in [4.78, 5) is 12.0. The van der Waals surface area contributed by atoms with Crippen molar-refractivity contribution in [3.63, 3.8) is 0 Å². The van der Waals surface area contributed by atoms with Crippen molar-refractivity contribution in [2.24, 2.45) is 0 Å². The van der Waals surface area contributed by atoms with Crippen LogP contribution in [0.15, 0.2) is 54.6 Å². The van der Waals surface area contributed by atoms with Crippen molar-refractivity contribution >= 4 is 22.4 Å². The molecule has 0 saturated heterocycles. The van der Waals surface area contributed by atoms with E-state index < -0.39 is 0 Å². The van der Waals surface area contributed by atoms with E-state index in [0.717, 1.165) is 16.3 Å². The lowest BCUT2D eigenvalue weighted by Crippen LogP contribution is -2.14. The fourth-order valence-electron chi connectivity index (χ4n) is 2.13. The second-order valence-corrected chi connectivity index (χ2v) is 6.33. The first kappa shape index (κ1) is 17.0. The Morgan fingerprint density at radius 3 is 2.60 bits per heavy atom. The zero-order chi connectivity index (χ0) is 17.5. The van der Waals surface area contributed by atoms with Gasteiger partial charge in [0.05, 0.1) is 13.0 Å². The van der Waals surface area contributed by atoms with Crippen molar-refractivity contribution in [1.29, 1.82) is 0 Å². The Kier molecular flexibility index (Phi) is 5.69. The summed E-state index contributed by atoms with van der Waals surface area (Å²) >= 11 is 1.32. The number of halogens is 1. The van der Waals surface area contributed by atoms with Crippen LogP contribution in [0.1, 0.15) is 10.6 Å². The Bertz CT molecular complexity index is 822. The van der Waals surface area contributed by atoms with Gasteiger partial charge >= 0.3 is 0 Å². The Morgan fingerprint density at radius 1 is 1.08 bits per heavy atom. The molecule has 1 amide bonds. The second kappa shape index (κ2) is 8.34. The van der Waals surface area contributed by atoms with Gasteiger partial charge in [0.25, 0.3) is 0 Å². The number of nitrogens with one attached hydrogen (secondary N) is 1. The van der Waals surface area contributed by atoms with E-state index in [1.165, 1.54) is 23.5 Å². The summed E-state index contributed by atoms with van der Waals surface area (Å²) in [5.41, 5.74) is 0.736. The van der Waals surface area contributed by atoms with Crippen LogP contribution in [0.5, 0.6) is 5.75 Å². The van der Waals surface area contributed by atoms with Crippen LogP contribution in [0.3, 0.4) is 0 Å². The lowest BCUT2D eigenvalue weighted by molar-refractivity contribution is -0.115. The van der Waals surface area contributed by atoms with Crippen molar-refractivity contribution in [3.05, 3.63) is 71.0 Å². The number of hydrogen-bond acceptors (Lipinski definition) is 5. The molecule has 1 heterocycles. The number of ether oxygens (including phenoxy) is 1. The lowest BCUT2D eigenvalue weighted by Gasteiger charge is -2.03. The summed E-state index contributed by atoms with van der Waals surface area (Å²) in [6.07, 6.45) is 0.771. The number of carbonyl (C=O) groups excluding carboxylic acids is 1. The molecule has 25 heavy (non-hydrogen) atoms. The highest BCUT2D eigenvalue weighted by atomic mass is 32.1. The molecule has 0 aliphatic carbocycles. The first-order valence-corrected chi connectivity index (χ1v) is 8.55. The second-order valence-electron chi connectivity index (χ2n) is 5.26. The van der Waals surface area contributed by atoms with E-state index in [2.05, 4.69) is 15.5 Å². The first-order valence-electron chi connectivity index (χ1n) is 7.73. The fraction of sp³-hybridized carbons (Fsp3) is 0.167. The van der Waals surface area contributed by atoms with Crippen molar-refractivity contribution in [1.82, 2.24) is 10.2 Å². The summed E-state index contributed by atoms with van der Waals surface area (Å²) in [6.45, 7) is 0.488. The van der Waals surface area contributed by atoms with Gasteiger partial charge in [0.2, 0.25) is 11.0 Å². The minimum absolute atomic E-state index is 0.159. The van der Waals surface area contributed by atoms with E-state index in [1.807, 2.05) is 30.3 Å². The van der Waals surface area contributed by atoms with E-state index >= 15 is 0 Å². The number of anilines is 1. The Labute approximate surface area is 148 Å². The molecule has 0 bridgehead atoms. The summed E-state index contributed by atoms with van der Waals surface area (Å²) < 4.78 is 18.5. The monoisotopic (exact) mass is 357 g/mol. The molecule has 0 saturated carbocycles. The SMILES string of the molecule is O=C(Cc1ccc(F)cc1)Nc1nnc(CCOc2ccccc2)s1. The molecule has 0 aliphatic heterocycles. The molecular formula is C18H16FN3O2S. The number of para-hydroxylation sites is 1. The maximum absolute atomic E-state index is 12.9. The molecule has 7 heteroatoms. The third-order valence-corrected chi connectivity index (χ3v) is 4.22. The third-order valence-electron chi connectivity index (χ3n) is 3.32. The molecule has 1 aromatic heterocycles. The van der Waals surface area contributed by atoms with Gasteiger partial charge in [-0.25, -0.2) is 4.39 Å². The Morgan fingerprint density at radius 2 is 1.84 bits per heavy atom. The molecule has 0 radical (unpaired) electrons. The highest BCUT2D eigenvalue weighted by molar-refractivity contribution is 7.15. The van der Waals surface area contributed by atoms with Gasteiger partial charge in [0.15, 0.2) is 0 Å². The number of benzene rings is 2. The van der Waals surface area contributed by atoms with Gasteiger partial charge in [-0.15, -0.1) is 10.2 Å². The summed E-state index contributed by atoms with van der Waals surface area (Å²) in [5, 5.41) is 11.9. The van der Waals surface area contributed by atoms with Crippen LogP contribution in [0, 0.1) is 5.82 Å². The molecule has 128 valence electrons. The van der Waals surface area contributed by atoms with Crippen LogP contribution in [-0.2, 0) is 17.6 Å². The van der Waals surface area contributed by atoms with Crippen LogP contribution in [-0.4, -0.2) is 22.7 Å². The summed E-state index contributed by atoms with van der Waals surface area (Å²) in [7, 11) is 0. The van der Waals surface area contributed by atoms with E-state index in [4.69, 9.17) is 4.74 Å². The van der Waals surface area contributed by atoms with Gasteiger partial charge in [-0.2, -0.15) is 0 Å². The summed E-state index contributed by atoms with van der Waals surface area (Å²) in [5.74, 6) is 0.269. The molecule has 0 spiro atoms. The molecule has 0 fully saturated rings. The average Bonchev–Trinajstić information content (AvgIpc) is 3.05. The smallest absolute Gasteiger partial charge is 0.230 e. The van der Waals surface area contributed by atoms with Crippen molar-refractivity contribution in [2.45, 2.75) is 12.8 Å². The molecular weight excluding hydrogens is 341 g/mol. The van der Waals surface area contributed by atoms with Crippen molar-refractivity contribution in [2.75, 3.05) is 11.9 Å². The molecule has 0 unspecified atom stereocenters. The number of hydrogen-bond donors (Lipinski definition) is 1. The molecule has 3 rings (SSSR count). The summed E-state index contributed by atoms with van der Waals surface area (Å²) in [6, 6.07) is 15.4. The van der Waals surface area contributed by atoms with Gasteiger partial charge in [-0.1, -0.05) is 41.7 Å². The number of rotatable bonds is 7. The number of aromatic nitrogens is 2. The van der Waals surface area contributed by atoms with E-state index in [0.29, 0.717) is 18.2 Å². The molecule has 1 N–H and O–H groups in total. The first-order chi connectivity index (χ1) is 12.2. The zero-order valence-electron chi connectivity index (χ0n) is 13.3. The predicted molar refractivity (Wildman–Crippen MR) is 94.3 cm³/mol. The highest BCUT2D eigenvalue weighted by Gasteiger charge is 2.09. The number of nitrogens with zero attached hydrogens (tertiary/aromatic N) is 2. The normalized spacial score (nSPS) is 10.4. The van der Waals surface area contributed by atoms with E-state index in [-0.39, 0.29) is 18.1 Å². The third kappa shape index (κ3) is 5.36. The van der Waals surface area contributed by atoms with E-state index in [1.54, 1.807) is 12.1 Å². The maximum Gasteiger partial charge on any atom is 0.230 e. The number of amides is 1. The van der Waals surface area contributed by atoms with Gasteiger partial charge in [-0.05, 0) is 29.8 Å². The predicted octanol–water partition coefficient (Wildman–Crippen LogP) is 3.48. The quantitative estimate of drug-likeness (QED) is 0.703. The number of carbonyl (C=O) groups is 1. The maximum atomic E-state index is 12.9. The van der Waals surface area contributed by atoms with E-state index in [9.17, 15) is 9.18 Å². The molecule has 3 aromatic rings. The largest absolute Gasteiger partial charge is 0.493 e. The Balaban J connectivity index is 1.46. The van der Waals surface area contributed by atoms with Gasteiger partial charge in [0.1, 0.15) is 16.6 Å². The van der Waals surface area contributed by atoms with Gasteiger partial charge in [0, 0.05) is 6.42 Å². The zero-order valence-corrected chi connectivity index (χ0v) is 14.1. The fourth-order valence-corrected chi connectivity index (χ4v) is 2.87. The van der Waals surface area contributed by atoms with Crippen LogP contribution in [0.25, 0.3) is 0 Å². The Hall–Kier alpha value is -2.80. The minimum Gasteiger partial charge on any atom is -0.493 e. The molecule has 0 atom stereocenters. The van der Waals surface area contributed by atoms with Crippen LogP contribution >= 0.6 is 11.3 Å². The molecule has 2 aromatic carbocycles. The van der Waals surface area contributed by atoms with Gasteiger partial charge in [-0.3, -0.25) is 4.79 Å². The molecule has 5 nitrogen and oxygen atoms in total. The van der Waals surface area contributed by atoms with Crippen LogP contribution in [0.2, 0.25) is 0 Å². The average molecular weight is 357 g/mol. The van der Waals surface area contributed by atoms with Crippen molar-refractivity contribution < 1.29 is 13.9 Å². The topological polar surface area (TPSA) is 64.1 Å². The standard InChI is InChI=1S/C18H16FN3O2S/c19-14-8-6-13(7-9-14)12-16(23)20-18-22-21-17(25-18)10-11-24-15-4-2-1-3-5-15/h1-9H,10-12H2,(H,20,22,23). The van der Waals surface area contributed by atoms with Crippen LogP contribution in [0.4, 0.5) is 9.52 Å². The van der Waals surface area contributed by atoms with Crippen LogP contribution < -0.4 is 10.1 Å².